The lowest BCUT2D eigenvalue weighted by atomic mass is 10.2. The Labute approximate surface area is 98.6 Å². The van der Waals surface area contributed by atoms with E-state index in [4.69, 9.17) is 17.3 Å². The van der Waals surface area contributed by atoms with Crippen LogP contribution in [0.1, 0.15) is 12.0 Å². The van der Waals surface area contributed by atoms with Crippen LogP contribution < -0.4 is 11.1 Å². The molecule has 0 saturated heterocycles. The van der Waals surface area contributed by atoms with Crippen molar-refractivity contribution in [3.63, 3.8) is 0 Å². The number of carbonyl (C=O) groups is 1. The highest BCUT2D eigenvalue weighted by molar-refractivity contribution is 7.80. The van der Waals surface area contributed by atoms with Crippen molar-refractivity contribution in [3.05, 3.63) is 28.8 Å². The van der Waals surface area contributed by atoms with Crippen molar-refractivity contribution in [2.45, 2.75) is 13.3 Å². The Balaban J connectivity index is 2.72. The van der Waals surface area contributed by atoms with Gasteiger partial charge in [-0.05, 0) is 24.6 Å². The SMILES string of the molecule is Cc1ccc(NC(=O)CC(N)=S)c(Cl)c1. The van der Waals surface area contributed by atoms with E-state index in [-0.39, 0.29) is 17.3 Å². The van der Waals surface area contributed by atoms with E-state index in [1.54, 1.807) is 12.1 Å². The zero-order valence-electron chi connectivity index (χ0n) is 8.21. The lowest BCUT2D eigenvalue weighted by Gasteiger charge is -2.07. The second-order valence-electron chi connectivity index (χ2n) is 3.17. The fraction of sp³-hybridized carbons (Fsp3) is 0.200. The number of hydrogen-bond donors (Lipinski definition) is 2. The van der Waals surface area contributed by atoms with Crippen LogP contribution in [0.15, 0.2) is 18.2 Å². The summed E-state index contributed by atoms with van der Waals surface area (Å²) in [6.45, 7) is 1.92. The van der Waals surface area contributed by atoms with Gasteiger partial charge in [-0.25, -0.2) is 0 Å². The minimum atomic E-state index is -0.256. The Hall–Kier alpha value is -1.13. The van der Waals surface area contributed by atoms with E-state index < -0.39 is 0 Å². The van der Waals surface area contributed by atoms with Gasteiger partial charge in [-0.3, -0.25) is 4.79 Å². The zero-order chi connectivity index (χ0) is 11.4. The highest BCUT2D eigenvalue weighted by Gasteiger charge is 2.06. The summed E-state index contributed by atoms with van der Waals surface area (Å²) < 4.78 is 0. The molecule has 1 rings (SSSR count). The molecule has 3 nitrogen and oxygen atoms in total. The van der Waals surface area contributed by atoms with Crippen LogP contribution in [0.25, 0.3) is 0 Å². The van der Waals surface area contributed by atoms with Crippen LogP contribution in [0.4, 0.5) is 5.69 Å². The van der Waals surface area contributed by atoms with Crippen molar-refractivity contribution in [1.82, 2.24) is 0 Å². The standard InChI is InChI=1S/C10H11ClN2OS/c1-6-2-3-8(7(11)4-6)13-10(14)5-9(12)15/h2-4H,5H2,1H3,(H2,12,15)(H,13,14). The molecule has 0 bridgehead atoms. The van der Waals surface area contributed by atoms with Crippen molar-refractivity contribution in [3.8, 4) is 0 Å². The summed E-state index contributed by atoms with van der Waals surface area (Å²) in [6, 6.07) is 5.38. The molecule has 0 aliphatic rings. The molecule has 5 heteroatoms. The van der Waals surface area contributed by atoms with Gasteiger partial charge in [-0.2, -0.15) is 0 Å². The Bertz CT molecular complexity index is 406. The Morgan fingerprint density at radius 3 is 2.80 bits per heavy atom. The number of benzene rings is 1. The van der Waals surface area contributed by atoms with Gasteiger partial charge in [0.15, 0.2) is 0 Å². The minimum Gasteiger partial charge on any atom is -0.393 e. The normalized spacial score (nSPS) is 9.73. The lowest BCUT2D eigenvalue weighted by molar-refractivity contribution is -0.115. The van der Waals surface area contributed by atoms with Crippen molar-refractivity contribution >= 4 is 40.4 Å². The average molecular weight is 243 g/mol. The predicted octanol–water partition coefficient (Wildman–Crippen LogP) is 2.26. The van der Waals surface area contributed by atoms with Crippen molar-refractivity contribution in [1.29, 1.82) is 0 Å². The molecule has 0 aliphatic carbocycles. The van der Waals surface area contributed by atoms with Gasteiger partial charge < -0.3 is 11.1 Å². The maximum Gasteiger partial charge on any atom is 0.231 e. The summed E-state index contributed by atoms with van der Waals surface area (Å²) in [5, 5.41) is 3.14. The quantitative estimate of drug-likeness (QED) is 0.800. The van der Waals surface area contributed by atoms with Crippen molar-refractivity contribution < 1.29 is 4.79 Å². The second kappa shape index (κ2) is 5.09. The molecule has 1 amide bonds. The fourth-order valence-electron chi connectivity index (χ4n) is 1.07. The third-order valence-electron chi connectivity index (χ3n) is 1.73. The fourth-order valence-corrected chi connectivity index (χ4v) is 1.49. The maximum atomic E-state index is 11.3. The molecule has 0 aromatic heterocycles. The van der Waals surface area contributed by atoms with Gasteiger partial charge in [0.25, 0.3) is 0 Å². The first kappa shape index (κ1) is 11.9. The Morgan fingerprint density at radius 2 is 2.27 bits per heavy atom. The average Bonchev–Trinajstić information content (AvgIpc) is 2.08. The third-order valence-corrected chi connectivity index (χ3v) is 2.19. The summed E-state index contributed by atoms with van der Waals surface area (Å²) >= 11 is 10.6. The van der Waals surface area contributed by atoms with Crippen LogP contribution in [0.2, 0.25) is 5.02 Å². The van der Waals surface area contributed by atoms with Crippen LogP contribution in [0.5, 0.6) is 0 Å². The molecular formula is C10H11ClN2OS. The van der Waals surface area contributed by atoms with Gasteiger partial charge in [0.05, 0.1) is 22.1 Å². The number of hydrogen-bond acceptors (Lipinski definition) is 2. The van der Waals surface area contributed by atoms with E-state index in [2.05, 4.69) is 17.5 Å². The molecule has 15 heavy (non-hydrogen) atoms. The van der Waals surface area contributed by atoms with E-state index in [1.807, 2.05) is 13.0 Å². The number of anilines is 1. The molecule has 0 radical (unpaired) electrons. The molecule has 0 saturated carbocycles. The number of nitrogens with one attached hydrogen (secondary N) is 1. The molecule has 3 N–H and O–H groups in total. The molecule has 80 valence electrons. The van der Waals surface area contributed by atoms with E-state index >= 15 is 0 Å². The molecule has 0 fully saturated rings. The highest BCUT2D eigenvalue weighted by Crippen LogP contribution is 2.22. The molecular weight excluding hydrogens is 232 g/mol. The molecule has 1 aromatic carbocycles. The van der Waals surface area contributed by atoms with Gasteiger partial charge in [0, 0.05) is 0 Å². The zero-order valence-corrected chi connectivity index (χ0v) is 9.78. The molecule has 0 unspecified atom stereocenters. The summed E-state index contributed by atoms with van der Waals surface area (Å²) in [4.78, 5) is 11.5. The first-order valence-corrected chi connectivity index (χ1v) is 5.12. The third kappa shape index (κ3) is 3.85. The van der Waals surface area contributed by atoms with E-state index in [9.17, 15) is 4.79 Å². The van der Waals surface area contributed by atoms with Crippen LogP contribution in [0.3, 0.4) is 0 Å². The molecule has 0 aliphatic heterocycles. The lowest BCUT2D eigenvalue weighted by Crippen LogP contribution is -2.20. The highest BCUT2D eigenvalue weighted by atomic mass is 35.5. The first-order valence-electron chi connectivity index (χ1n) is 4.33. The monoisotopic (exact) mass is 242 g/mol. The number of rotatable bonds is 3. The number of carbonyl (C=O) groups excluding carboxylic acids is 1. The largest absolute Gasteiger partial charge is 0.393 e. The van der Waals surface area contributed by atoms with Crippen LogP contribution in [0, 0.1) is 6.92 Å². The summed E-state index contributed by atoms with van der Waals surface area (Å²) in [5.74, 6) is -0.256. The molecule has 0 atom stereocenters. The van der Waals surface area contributed by atoms with Gasteiger partial charge in [0.2, 0.25) is 5.91 Å². The van der Waals surface area contributed by atoms with Crippen molar-refractivity contribution in [2.75, 3.05) is 5.32 Å². The molecule has 0 spiro atoms. The predicted molar refractivity (Wildman–Crippen MR) is 66.2 cm³/mol. The topological polar surface area (TPSA) is 55.1 Å². The number of aryl methyl sites for hydroxylation is 1. The summed E-state index contributed by atoms with van der Waals surface area (Å²) in [6.07, 6.45) is 0.0273. The Kier molecular flexibility index (Phi) is 4.05. The molecule has 0 heterocycles. The van der Waals surface area contributed by atoms with Gasteiger partial charge in [0.1, 0.15) is 0 Å². The van der Waals surface area contributed by atoms with E-state index in [1.165, 1.54) is 0 Å². The first-order chi connectivity index (χ1) is 6.99. The summed E-state index contributed by atoms with van der Waals surface area (Å²) in [7, 11) is 0. The van der Waals surface area contributed by atoms with Crippen LogP contribution >= 0.6 is 23.8 Å². The number of halogens is 1. The number of nitrogens with two attached hydrogens (primary N) is 1. The smallest absolute Gasteiger partial charge is 0.231 e. The van der Waals surface area contributed by atoms with Gasteiger partial charge in [-0.1, -0.05) is 29.9 Å². The maximum absolute atomic E-state index is 11.3. The number of amides is 1. The van der Waals surface area contributed by atoms with Crippen LogP contribution in [-0.2, 0) is 4.79 Å². The molecule has 1 aromatic rings. The second-order valence-corrected chi connectivity index (χ2v) is 4.11. The van der Waals surface area contributed by atoms with Gasteiger partial charge >= 0.3 is 0 Å². The minimum absolute atomic E-state index is 0.0273. The summed E-state index contributed by atoms with van der Waals surface area (Å²) in [5.41, 5.74) is 6.85. The van der Waals surface area contributed by atoms with E-state index in [0.29, 0.717) is 10.7 Å². The van der Waals surface area contributed by atoms with E-state index in [0.717, 1.165) is 5.56 Å². The van der Waals surface area contributed by atoms with Crippen LogP contribution in [-0.4, -0.2) is 10.9 Å². The Morgan fingerprint density at radius 1 is 1.60 bits per heavy atom. The van der Waals surface area contributed by atoms with Gasteiger partial charge in [-0.15, -0.1) is 0 Å². The number of thiocarbonyl (C=S) groups is 1. The van der Waals surface area contributed by atoms with Crippen molar-refractivity contribution in [2.24, 2.45) is 5.73 Å².